The molecule has 0 atom stereocenters. The Balaban J connectivity index is 2.10. The molecule has 0 unspecified atom stereocenters. The Morgan fingerprint density at radius 3 is 2.76 bits per heavy atom. The summed E-state index contributed by atoms with van der Waals surface area (Å²) in [5, 5.41) is 0. The fraction of sp³-hybridized carbons (Fsp3) is 0.429. The number of carbonyl (C=O) groups is 2. The smallest absolute Gasteiger partial charge is 0.334 e. The van der Waals surface area contributed by atoms with Gasteiger partial charge >= 0.3 is 5.97 Å². The van der Waals surface area contributed by atoms with Gasteiger partial charge in [-0.25, -0.2) is 4.79 Å². The van der Waals surface area contributed by atoms with Crippen LogP contribution in [0.3, 0.4) is 0 Å². The van der Waals surface area contributed by atoms with Gasteiger partial charge in [0.1, 0.15) is 0 Å². The maximum absolute atomic E-state index is 11.3. The zero-order chi connectivity index (χ0) is 12.3. The van der Waals surface area contributed by atoms with Crippen molar-refractivity contribution in [3.05, 3.63) is 34.9 Å². The third-order valence-corrected chi connectivity index (χ3v) is 3.09. The SMILES string of the molecule is CC(/C=C\C1=CC(=O)CCC1)=C1\CCOC1=O. The number of rotatable bonds is 2. The molecule has 0 N–H and O–H groups in total. The second-order valence-corrected chi connectivity index (χ2v) is 4.42. The zero-order valence-corrected chi connectivity index (χ0v) is 9.99. The minimum absolute atomic E-state index is 0.196. The first-order chi connectivity index (χ1) is 8.16. The molecule has 1 aliphatic carbocycles. The minimum atomic E-state index is -0.208. The van der Waals surface area contributed by atoms with Crippen LogP contribution < -0.4 is 0 Å². The molecule has 90 valence electrons. The normalized spacial score (nSPS) is 23.9. The summed E-state index contributed by atoms with van der Waals surface area (Å²) in [6.07, 6.45) is 8.75. The molecular formula is C14H16O3. The van der Waals surface area contributed by atoms with Crippen LogP contribution in [0.25, 0.3) is 0 Å². The molecule has 2 aliphatic rings. The molecular weight excluding hydrogens is 216 g/mol. The number of hydrogen-bond donors (Lipinski definition) is 0. The van der Waals surface area contributed by atoms with E-state index < -0.39 is 0 Å². The number of carbonyl (C=O) groups excluding carboxylic acids is 2. The number of cyclic esters (lactones) is 1. The van der Waals surface area contributed by atoms with E-state index in [1.807, 2.05) is 19.1 Å². The largest absolute Gasteiger partial charge is 0.462 e. The van der Waals surface area contributed by atoms with Gasteiger partial charge in [0.2, 0.25) is 0 Å². The third kappa shape index (κ3) is 2.93. The zero-order valence-electron chi connectivity index (χ0n) is 9.99. The lowest BCUT2D eigenvalue weighted by molar-refractivity contribution is -0.135. The molecule has 0 amide bonds. The Bertz CT molecular complexity index is 438. The van der Waals surface area contributed by atoms with E-state index in [2.05, 4.69) is 0 Å². The van der Waals surface area contributed by atoms with Crippen LogP contribution in [0.1, 0.15) is 32.6 Å². The van der Waals surface area contributed by atoms with E-state index in [-0.39, 0.29) is 11.8 Å². The molecule has 1 heterocycles. The molecule has 2 rings (SSSR count). The monoisotopic (exact) mass is 232 g/mol. The average molecular weight is 232 g/mol. The van der Waals surface area contributed by atoms with Gasteiger partial charge in [-0.2, -0.15) is 0 Å². The van der Waals surface area contributed by atoms with E-state index in [9.17, 15) is 9.59 Å². The molecule has 17 heavy (non-hydrogen) atoms. The van der Waals surface area contributed by atoms with Gasteiger partial charge in [0.25, 0.3) is 0 Å². The van der Waals surface area contributed by atoms with Crippen LogP contribution in [0, 0.1) is 0 Å². The second kappa shape index (κ2) is 5.13. The standard InChI is InChI=1S/C14H16O3/c1-10(13-7-8-17-14(13)16)5-6-11-3-2-4-12(15)9-11/h5-6,9H,2-4,7-8H2,1H3/b6-5-,13-10-. The van der Waals surface area contributed by atoms with E-state index in [4.69, 9.17) is 4.74 Å². The Morgan fingerprint density at radius 2 is 2.12 bits per heavy atom. The van der Waals surface area contributed by atoms with Crippen molar-refractivity contribution in [2.45, 2.75) is 32.6 Å². The molecule has 0 bridgehead atoms. The van der Waals surface area contributed by atoms with E-state index in [0.717, 1.165) is 29.6 Å². The van der Waals surface area contributed by atoms with Gasteiger partial charge in [-0.05, 0) is 37.0 Å². The van der Waals surface area contributed by atoms with Crippen LogP contribution in [0.2, 0.25) is 0 Å². The highest BCUT2D eigenvalue weighted by atomic mass is 16.5. The molecule has 0 aromatic heterocycles. The molecule has 0 aromatic rings. The first-order valence-corrected chi connectivity index (χ1v) is 5.95. The van der Waals surface area contributed by atoms with Gasteiger partial charge in [0.05, 0.1) is 6.61 Å². The Hall–Kier alpha value is -1.64. The van der Waals surface area contributed by atoms with Gasteiger partial charge < -0.3 is 4.74 Å². The first-order valence-electron chi connectivity index (χ1n) is 5.95. The molecule has 3 heteroatoms. The van der Waals surface area contributed by atoms with Crippen molar-refractivity contribution in [1.82, 2.24) is 0 Å². The Labute approximate surface area is 101 Å². The van der Waals surface area contributed by atoms with Gasteiger partial charge in [0, 0.05) is 18.4 Å². The van der Waals surface area contributed by atoms with Crippen molar-refractivity contribution in [2.24, 2.45) is 0 Å². The molecule has 3 nitrogen and oxygen atoms in total. The molecule has 1 aliphatic heterocycles. The molecule has 1 saturated heterocycles. The lowest BCUT2D eigenvalue weighted by Gasteiger charge is -2.07. The van der Waals surface area contributed by atoms with E-state index in [1.54, 1.807) is 6.08 Å². The summed E-state index contributed by atoms with van der Waals surface area (Å²) in [5.74, 6) is -0.0117. The summed E-state index contributed by atoms with van der Waals surface area (Å²) in [7, 11) is 0. The minimum Gasteiger partial charge on any atom is -0.462 e. The molecule has 1 fully saturated rings. The highest BCUT2D eigenvalue weighted by Crippen LogP contribution is 2.21. The van der Waals surface area contributed by atoms with Crippen LogP contribution in [0.4, 0.5) is 0 Å². The predicted octanol–water partition coefficient (Wildman–Crippen LogP) is 2.49. The summed E-state index contributed by atoms with van der Waals surface area (Å²) in [4.78, 5) is 22.6. The summed E-state index contributed by atoms with van der Waals surface area (Å²) in [6.45, 7) is 2.39. The van der Waals surface area contributed by atoms with E-state index in [1.165, 1.54) is 0 Å². The third-order valence-electron chi connectivity index (χ3n) is 3.09. The number of ether oxygens (including phenoxy) is 1. The van der Waals surface area contributed by atoms with Crippen molar-refractivity contribution in [3.63, 3.8) is 0 Å². The van der Waals surface area contributed by atoms with Crippen LogP contribution in [-0.2, 0) is 14.3 Å². The highest BCUT2D eigenvalue weighted by molar-refractivity contribution is 5.92. The topological polar surface area (TPSA) is 43.4 Å². The van der Waals surface area contributed by atoms with Crippen LogP contribution in [-0.4, -0.2) is 18.4 Å². The maximum atomic E-state index is 11.3. The molecule has 0 radical (unpaired) electrons. The van der Waals surface area contributed by atoms with Gasteiger partial charge in [0.15, 0.2) is 5.78 Å². The van der Waals surface area contributed by atoms with Crippen molar-refractivity contribution in [2.75, 3.05) is 6.61 Å². The van der Waals surface area contributed by atoms with E-state index >= 15 is 0 Å². The number of ketones is 1. The van der Waals surface area contributed by atoms with Gasteiger partial charge in [-0.15, -0.1) is 0 Å². The average Bonchev–Trinajstić information content (AvgIpc) is 2.72. The fourth-order valence-corrected chi connectivity index (χ4v) is 2.08. The quantitative estimate of drug-likeness (QED) is 0.542. The predicted molar refractivity (Wildman–Crippen MR) is 64.4 cm³/mol. The van der Waals surface area contributed by atoms with E-state index in [0.29, 0.717) is 19.4 Å². The number of allylic oxidation sites excluding steroid dienone is 5. The highest BCUT2D eigenvalue weighted by Gasteiger charge is 2.20. The fourth-order valence-electron chi connectivity index (χ4n) is 2.08. The van der Waals surface area contributed by atoms with Crippen molar-refractivity contribution in [3.8, 4) is 0 Å². The van der Waals surface area contributed by atoms with Crippen LogP contribution >= 0.6 is 0 Å². The maximum Gasteiger partial charge on any atom is 0.334 e. The van der Waals surface area contributed by atoms with Crippen LogP contribution in [0.15, 0.2) is 34.9 Å². The van der Waals surface area contributed by atoms with Gasteiger partial charge in [-0.1, -0.05) is 12.2 Å². The first kappa shape index (κ1) is 11.8. The van der Waals surface area contributed by atoms with Crippen molar-refractivity contribution < 1.29 is 14.3 Å². The summed E-state index contributed by atoms with van der Waals surface area (Å²) >= 11 is 0. The summed E-state index contributed by atoms with van der Waals surface area (Å²) < 4.78 is 4.90. The summed E-state index contributed by atoms with van der Waals surface area (Å²) in [5.41, 5.74) is 2.74. The van der Waals surface area contributed by atoms with Gasteiger partial charge in [-0.3, -0.25) is 4.79 Å². The Morgan fingerprint density at radius 1 is 1.29 bits per heavy atom. The van der Waals surface area contributed by atoms with Crippen molar-refractivity contribution >= 4 is 11.8 Å². The lowest BCUT2D eigenvalue weighted by atomic mass is 9.97. The number of esters is 1. The second-order valence-electron chi connectivity index (χ2n) is 4.42. The number of hydrogen-bond acceptors (Lipinski definition) is 3. The lowest BCUT2D eigenvalue weighted by Crippen LogP contribution is -2.01. The van der Waals surface area contributed by atoms with Crippen molar-refractivity contribution in [1.29, 1.82) is 0 Å². The molecule has 0 saturated carbocycles. The van der Waals surface area contributed by atoms with Crippen LogP contribution in [0.5, 0.6) is 0 Å². The molecule has 0 aromatic carbocycles. The summed E-state index contributed by atoms with van der Waals surface area (Å²) in [6, 6.07) is 0. The molecule has 0 spiro atoms. The Kier molecular flexibility index (Phi) is 3.57.